The van der Waals surface area contributed by atoms with Crippen molar-refractivity contribution in [1.29, 1.82) is 0 Å². The third-order valence-electron chi connectivity index (χ3n) is 1.25. The zero-order valence-corrected chi connectivity index (χ0v) is 9.39. The van der Waals surface area contributed by atoms with Gasteiger partial charge in [0.2, 0.25) is 0 Å². The lowest BCUT2D eigenvalue weighted by molar-refractivity contribution is 0.311. The van der Waals surface area contributed by atoms with Crippen molar-refractivity contribution in [2.45, 2.75) is 19.8 Å². The maximum Gasteiger partial charge on any atom is 0.172 e. The van der Waals surface area contributed by atoms with Gasteiger partial charge in [-0.2, -0.15) is 0 Å². The summed E-state index contributed by atoms with van der Waals surface area (Å²) in [6.07, 6.45) is 1.22. The topological polar surface area (TPSA) is 26.3 Å². The van der Waals surface area contributed by atoms with E-state index in [0.717, 1.165) is 6.42 Å². The first kappa shape index (κ1) is 13.0. The molecule has 0 saturated carbocycles. The highest BCUT2D eigenvalue weighted by Gasteiger charge is 2.04. The van der Waals surface area contributed by atoms with Crippen LogP contribution < -0.4 is 0 Å². The summed E-state index contributed by atoms with van der Waals surface area (Å²) in [7, 11) is -1.06. The molecular formula is C8H15FO2S2. The van der Waals surface area contributed by atoms with Gasteiger partial charge in [0.1, 0.15) is 0 Å². The van der Waals surface area contributed by atoms with Crippen LogP contribution in [0.5, 0.6) is 0 Å². The van der Waals surface area contributed by atoms with Crippen LogP contribution >= 0.6 is 12.2 Å². The summed E-state index contributed by atoms with van der Waals surface area (Å²) < 4.78 is 27.9. The molecule has 5 heteroatoms. The largest absolute Gasteiger partial charge is 0.486 e. The molecule has 13 heavy (non-hydrogen) atoms. The number of hydrogen-bond donors (Lipinski definition) is 0. The monoisotopic (exact) mass is 226 g/mol. The van der Waals surface area contributed by atoms with Gasteiger partial charge in [-0.3, -0.25) is 8.60 Å². The number of rotatable bonds is 7. The lowest BCUT2D eigenvalue weighted by atomic mass is 10.5. The number of thiocarbonyl (C=S) groups is 1. The average Bonchev–Trinajstić information content (AvgIpc) is 2.11. The number of hydrogen-bond acceptors (Lipinski definition) is 3. The Labute approximate surface area is 86.3 Å². The van der Waals surface area contributed by atoms with Gasteiger partial charge in [0, 0.05) is 16.6 Å². The predicted octanol–water partition coefficient (Wildman–Crippen LogP) is 1.85. The molecule has 0 bridgehead atoms. The van der Waals surface area contributed by atoms with Crippen LogP contribution in [0.15, 0.2) is 0 Å². The second kappa shape index (κ2) is 8.56. The summed E-state index contributed by atoms with van der Waals surface area (Å²) in [4.78, 5) is 0. The van der Waals surface area contributed by atoms with Crippen molar-refractivity contribution in [3.8, 4) is 0 Å². The molecular weight excluding hydrogens is 211 g/mol. The van der Waals surface area contributed by atoms with Crippen LogP contribution in [0, 0.1) is 0 Å². The molecule has 0 amide bonds. The van der Waals surface area contributed by atoms with Crippen LogP contribution in [0.1, 0.15) is 19.8 Å². The number of halogens is 1. The maximum absolute atomic E-state index is 11.7. The lowest BCUT2D eigenvalue weighted by Gasteiger charge is -2.05. The normalized spacial score (nSPS) is 12.5. The molecule has 0 rings (SSSR count). The molecule has 1 atom stereocenters. The van der Waals surface area contributed by atoms with Gasteiger partial charge in [-0.05, 0) is 25.1 Å². The molecule has 0 N–H and O–H groups in total. The standard InChI is InChI=1S/C8H15FO2S2/c1-2-5-11-8(12)7-13(10)6-3-4-9/h2-7H2,1H3. The number of ether oxygens (including phenoxy) is 1. The Morgan fingerprint density at radius 2 is 2.31 bits per heavy atom. The maximum atomic E-state index is 11.7. The highest BCUT2D eigenvalue weighted by atomic mass is 32.2. The van der Waals surface area contributed by atoms with Crippen LogP contribution in [-0.2, 0) is 15.5 Å². The van der Waals surface area contributed by atoms with Crippen LogP contribution in [-0.4, -0.2) is 34.0 Å². The van der Waals surface area contributed by atoms with Crippen molar-refractivity contribution in [2.24, 2.45) is 0 Å². The molecule has 0 fully saturated rings. The summed E-state index contributed by atoms with van der Waals surface area (Å²) in [6, 6.07) is 0. The van der Waals surface area contributed by atoms with E-state index < -0.39 is 17.5 Å². The van der Waals surface area contributed by atoms with Gasteiger partial charge in [-0.15, -0.1) is 0 Å². The van der Waals surface area contributed by atoms with Crippen LogP contribution in [0.2, 0.25) is 0 Å². The second-order valence-electron chi connectivity index (χ2n) is 2.55. The van der Waals surface area contributed by atoms with E-state index >= 15 is 0 Å². The SMILES string of the molecule is CCCOC(=S)CS(=O)CCCF. The Kier molecular flexibility index (Phi) is 8.54. The van der Waals surface area contributed by atoms with Gasteiger partial charge in [-0.1, -0.05) is 6.92 Å². The fourth-order valence-electron chi connectivity index (χ4n) is 0.677. The van der Waals surface area contributed by atoms with Crippen molar-refractivity contribution in [1.82, 2.24) is 0 Å². The summed E-state index contributed by atoms with van der Waals surface area (Å²) in [5.41, 5.74) is 0. The minimum Gasteiger partial charge on any atom is -0.486 e. The van der Waals surface area contributed by atoms with Crippen molar-refractivity contribution in [3.05, 3.63) is 0 Å². The summed E-state index contributed by atoms with van der Waals surface area (Å²) in [6.45, 7) is 2.12. The average molecular weight is 226 g/mol. The highest BCUT2D eigenvalue weighted by molar-refractivity contribution is 7.88. The van der Waals surface area contributed by atoms with Crippen molar-refractivity contribution >= 4 is 28.1 Å². The van der Waals surface area contributed by atoms with Gasteiger partial charge in [-0.25, -0.2) is 0 Å². The van der Waals surface area contributed by atoms with E-state index in [1.807, 2.05) is 6.92 Å². The van der Waals surface area contributed by atoms with Gasteiger partial charge in [0.05, 0.1) is 19.0 Å². The highest BCUT2D eigenvalue weighted by Crippen LogP contribution is 1.93. The molecule has 0 heterocycles. The molecule has 0 aromatic carbocycles. The van der Waals surface area contributed by atoms with Crippen molar-refractivity contribution in [3.63, 3.8) is 0 Å². The molecule has 0 aliphatic heterocycles. The summed E-state index contributed by atoms with van der Waals surface area (Å²) in [5, 5.41) is 0.374. The predicted molar refractivity (Wildman–Crippen MR) is 57.3 cm³/mol. The molecule has 2 nitrogen and oxygen atoms in total. The number of alkyl halides is 1. The molecule has 0 aliphatic rings. The molecule has 0 aromatic heterocycles. The van der Waals surface area contributed by atoms with E-state index in [-0.39, 0.29) is 5.75 Å². The first-order valence-electron chi connectivity index (χ1n) is 4.27. The Morgan fingerprint density at radius 3 is 2.85 bits per heavy atom. The third-order valence-corrected chi connectivity index (χ3v) is 3.02. The smallest absolute Gasteiger partial charge is 0.172 e. The van der Waals surface area contributed by atoms with Gasteiger partial charge < -0.3 is 4.74 Å². The minimum absolute atomic E-state index is 0.259. The van der Waals surface area contributed by atoms with Crippen LogP contribution in [0.3, 0.4) is 0 Å². The molecule has 78 valence electrons. The van der Waals surface area contributed by atoms with E-state index in [4.69, 9.17) is 17.0 Å². The molecule has 0 aliphatic carbocycles. The fourth-order valence-corrected chi connectivity index (χ4v) is 2.08. The van der Waals surface area contributed by atoms with Crippen molar-refractivity contribution in [2.75, 3.05) is 24.8 Å². The molecule has 0 radical (unpaired) electrons. The van der Waals surface area contributed by atoms with Crippen LogP contribution in [0.4, 0.5) is 4.39 Å². The Balaban J connectivity index is 3.47. The zero-order valence-electron chi connectivity index (χ0n) is 7.75. The lowest BCUT2D eigenvalue weighted by Crippen LogP contribution is -2.14. The van der Waals surface area contributed by atoms with Gasteiger partial charge in [0.25, 0.3) is 0 Å². The first-order chi connectivity index (χ1) is 6.20. The molecule has 0 aromatic rings. The molecule has 0 saturated heterocycles. The van der Waals surface area contributed by atoms with Gasteiger partial charge in [0.15, 0.2) is 5.05 Å². The molecule has 0 spiro atoms. The van der Waals surface area contributed by atoms with E-state index in [0.29, 0.717) is 23.8 Å². The molecule has 1 unspecified atom stereocenters. The Morgan fingerprint density at radius 1 is 1.62 bits per heavy atom. The van der Waals surface area contributed by atoms with Crippen molar-refractivity contribution < 1.29 is 13.3 Å². The minimum atomic E-state index is -1.06. The van der Waals surface area contributed by atoms with E-state index in [9.17, 15) is 8.60 Å². The van der Waals surface area contributed by atoms with Gasteiger partial charge >= 0.3 is 0 Å². The summed E-state index contributed by atoms with van der Waals surface area (Å²) >= 11 is 4.84. The second-order valence-corrected chi connectivity index (χ2v) is 4.58. The van der Waals surface area contributed by atoms with E-state index in [1.54, 1.807) is 0 Å². The van der Waals surface area contributed by atoms with E-state index in [2.05, 4.69) is 0 Å². The summed E-state index contributed by atoms with van der Waals surface area (Å²) in [5.74, 6) is 0.626. The third kappa shape index (κ3) is 8.30. The van der Waals surface area contributed by atoms with E-state index in [1.165, 1.54) is 0 Å². The fraction of sp³-hybridized carbons (Fsp3) is 0.875. The Hall–Kier alpha value is -0.0300. The quantitative estimate of drug-likeness (QED) is 0.620. The zero-order chi connectivity index (χ0) is 10.1. The van der Waals surface area contributed by atoms with Crippen LogP contribution in [0.25, 0.3) is 0 Å². The first-order valence-corrected chi connectivity index (χ1v) is 6.17. The Bertz CT molecular complexity index is 156.